The molecule has 0 spiro atoms. The lowest BCUT2D eigenvalue weighted by atomic mass is 9.87. The second-order valence-corrected chi connectivity index (χ2v) is 7.15. The first-order chi connectivity index (χ1) is 14.1. The molecule has 0 saturated heterocycles. The Kier molecular flexibility index (Phi) is 5.20. The Labute approximate surface area is 173 Å². The number of fused-ring (bicyclic) bond motifs is 3. The molecule has 0 saturated carbocycles. The lowest BCUT2D eigenvalue weighted by Crippen LogP contribution is -2.52. The topological polar surface area (TPSA) is 71.6 Å². The Hall–Kier alpha value is -2.99. The van der Waals surface area contributed by atoms with Crippen LogP contribution in [0.15, 0.2) is 48.5 Å². The number of amides is 1. The van der Waals surface area contributed by atoms with Gasteiger partial charge in [-0.15, -0.1) is 11.6 Å². The summed E-state index contributed by atoms with van der Waals surface area (Å²) >= 11 is 5.95. The van der Waals surface area contributed by atoms with Crippen LogP contribution < -0.4 is 4.74 Å². The number of methoxy groups -OCH3 is 2. The van der Waals surface area contributed by atoms with Crippen molar-refractivity contribution in [3.05, 3.63) is 65.4 Å². The Morgan fingerprint density at radius 1 is 1.14 bits per heavy atom. The summed E-state index contributed by atoms with van der Waals surface area (Å²) in [6, 6.07) is 14.0. The van der Waals surface area contributed by atoms with Crippen molar-refractivity contribution in [1.82, 2.24) is 9.88 Å². The summed E-state index contributed by atoms with van der Waals surface area (Å²) in [5.41, 5.74) is 3.57. The minimum Gasteiger partial charge on any atom is -0.496 e. The molecule has 7 heteroatoms. The zero-order valence-electron chi connectivity index (χ0n) is 16.1. The number of ether oxygens (including phenoxy) is 2. The van der Waals surface area contributed by atoms with Gasteiger partial charge in [-0.2, -0.15) is 0 Å². The van der Waals surface area contributed by atoms with Gasteiger partial charge < -0.3 is 19.4 Å². The minimum atomic E-state index is -0.784. The normalized spacial score (nSPS) is 18.4. The highest BCUT2D eigenvalue weighted by Crippen LogP contribution is 2.43. The molecule has 1 aliphatic rings. The van der Waals surface area contributed by atoms with Gasteiger partial charge in [-0.1, -0.05) is 36.4 Å². The van der Waals surface area contributed by atoms with Crippen LogP contribution in [0.4, 0.5) is 0 Å². The largest absolute Gasteiger partial charge is 0.496 e. The zero-order chi connectivity index (χ0) is 20.5. The summed E-state index contributed by atoms with van der Waals surface area (Å²) in [7, 11) is 2.91. The highest BCUT2D eigenvalue weighted by Gasteiger charge is 2.44. The maximum absolute atomic E-state index is 12.9. The zero-order valence-corrected chi connectivity index (χ0v) is 16.9. The van der Waals surface area contributed by atoms with Gasteiger partial charge in [-0.25, -0.2) is 4.79 Å². The van der Waals surface area contributed by atoms with E-state index in [0.717, 1.165) is 27.7 Å². The summed E-state index contributed by atoms with van der Waals surface area (Å²) in [5, 5.41) is 1.02. The molecule has 1 amide bonds. The van der Waals surface area contributed by atoms with Crippen LogP contribution in [0.1, 0.15) is 22.9 Å². The fourth-order valence-electron chi connectivity index (χ4n) is 4.20. The second kappa shape index (κ2) is 7.79. The van der Waals surface area contributed by atoms with Gasteiger partial charge in [0.15, 0.2) is 0 Å². The van der Waals surface area contributed by atoms with Crippen molar-refractivity contribution < 1.29 is 19.1 Å². The highest BCUT2D eigenvalue weighted by atomic mass is 35.5. The lowest BCUT2D eigenvalue weighted by molar-refractivity contribution is -0.154. The van der Waals surface area contributed by atoms with Gasteiger partial charge in [0.1, 0.15) is 23.7 Å². The van der Waals surface area contributed by atoms with E-state index in [4.69, 9.17) is 21.1 Å². The Morgan fingerprint density at radius 2 is 1.86 bits per heavy atom. The first kappa shape index (κ1) is 19.3. The van der Waals surface area contributed by atoms with Crippen LogP contribution in [0, 0.1) is 0 Å². The van der Waals surface area contributed by atoms with Gasteiger partial charge in [0.2, 0.25) is 5.91 Å². The maximum Gasteiger partial charge on any atom is 0.328 e. The number of halogens is 1. The van der Waals surface area contributed by atoms with E-state index < -0.39 is 18.1 Å². The van der Waals surface area contributed by atoms with E-state index in [-0.39, 0.29) is 11.8 Å². The molecule has 1 aromatic heterocycles. The molecule has 150 valence electrons. The molecule has 2 aromatic carbocycles. The van der Waals surface area contributed by atoms with Crippen molar-refractivity contribution in [3.8, 4) is 5.75 Å². The lowest BCUT2D eigenvalue weighted by Gasteiger charge is -2.41. The number of carbonyl (C=O) groups is 2. The SMILES string of the molecule is COC(=O)[C@@H]1Cc2c([nH]c3ccccc23)[C@@H](c2ccccc2OC)N1C(=O)CCl. The number of rotatable bonds is 4. The summed E-state index contributed by atoms with van der Waals surface area (Å²) in [5.74, 6) is -0.434. The van der Waals surface area contributed by atoms with E-state index in [1.165, 1.54) is 12.0 Å². The van der Waals surface area contributed by atoms with Crippen molar-refractivity contribution >= 4 is 34.4 Å². The Morgan fingerprint density at radius 3 is 2.59 bits per heavy atom. The maximum atomic E-state index is 12.9. The summed E-state index contributed by atoms with van der Waals surface area (Å²) in [6.45, 7) is 0. The van der Waals surface area contributed by atoms with Crippen molar-refractivity contribution in [1.29, 1.82) is 0 Å². The molecule has 0 fully saturated rings. The number of nitrogens with zero attached hydrogens (tertiary/aromatic N) is 1. The average Bonchev–Trinajstić information content (AvgIpc) is 3.15. The predicted octanol–water partition coefficient (Wildman–Crippen LogP) is 3.43. The van der Waals surface area contributed by atoms with Crippen molar-refractivity contribution in [3.63, 3.8) is 0 Å². The molecule has 0 bridgehead atoms. The number of para-hydroxylation sites is 2. The van der Waals surface area contributed by atoms with Crippen LogP contribution in [0.25, 0.3) is 10.9 Å². The molecule has 1 aliphatic heterocycles. The molecule has 0 aliphatic carbocycles. The molecular weight excluding hydrogens is 392 g/mol. The number of hydrogen-bond acceptors (Lipinski definition) is 4. The van der Waals surface area contributed by atoms with E-state index in [1.807, 2.05) is 48.5 Å². The van der Waals surface area contributed by atoms with Crippen LogP contribution in [-0.2, 0) is 20.7 Å². The van der Waals surface area contributed by atoms with Gasteiger partial charge >= 0.3 is 5.97 Å². The molecule has 1 N–H and O–H groups in total. The van der Waals surface area contributed by atoms with Crippen LogP contribution in [0.5, 0.6) is 5.75 Å². The quantitative estimate of drug-likeness (QED) is 0.526. The molecule has 29 heavy (non-hydrogen) atoms. The molecule has 0 radical (unpaired) electrons. The highest BCUT2D eigenvalue weighted by molar-refractivity contribution is 6.27. The van der Waals surface area contributed by atoms with Gasteiger partial charge in [0.25, 0.3) is 0 Å². The van der Waals surface area contributed by atoms with E-state index in [9.17, 15) is 9.59 Å². The summed E-state index contributed by atoms with van der Waals surface area (Å²) in [4.78, 5) is 30.6. The Balaban J connectivity index is 2.02. The third kappa shape index (κ3) is 3.13. The molecule has 3 aromatic rings. The number of esters is 1. The van der Waals surface area contributed by atoms with Crippen molar-refractivity contribution in [2.75, 3.05) is 20.1 Å². The van der Waals surface area contributed by atoms with Crippen molar-refractivity contribution in [2.24, 2.45) is 0 Å². The molecule has 4 rings (SSSR count). The first-order valence-electron chi connectivity index (χ1n) is 9.28. The van der Waals surface area contributed by atoms with E-state index >= 15 is 0 Å². The third-order valence-corrected chi connectivity index (χ3v) is 5.67. The Bertz CT molecular complexity index is 1080. The third-order valence-electron chi connectivity index (χ3n) is 5.44. The van der Waals surface area contributed by atoms with Crippen LogP contribution in [0.2, 0.25) is 0 Å². The second-order valence-electron chi connectivity index (χ2n) is 6.89. The number of nitrogens with one attached hydrogen (secondary N) is 1. The number of alkyl halides is 1. The smallest absolute Gasteiger partial charge is 0.328 e. The number of aromatic amines is 1. The van der Waals surface area contributed by atoms with E-state index in [0.29, 0.717) is 12.2 Å². The average molecular weight is 413 g/mol. The first-order valence-corrected chi connectivity index (χ1v) is 9.81. The molecule has 6 nitrogen and oxygen atoms in total. The summed E-state index contributed by atoms with van der Waals surface area (Å²) < 4.78 is 10.6. The number of aromatic nitrogens is 1. The monoisotopic (exact) mass is 412 g/mol. The van der Waals surface area contributed by atoms with Gasteiger partial charge in [-0.05, 0) is 17.7 Å². The number of H-pyrrole nitrogens is 1. The van der Waals surface area contributed by atoms with E-state index in [1.54, 1.807) is 7.11 Å². The van der Waals surface area contributed by atoms with Gasteiger partial charge in [0.05, 0.1) is 14.2 Å². The number of benzene rings is 2. The van der Waals surface area contributed by atoms with Crippen LogP contribution >= 0.6 is 11.6 Å². The number of carbonyl (C=O) groups excluding carboxylic acids is 2. The molecular formula is C22H21ClN2O4. The number of hydrogen-bond donors (Lipinski definition) is 1. The van der Waals surface area contributed by atoms with Crippen LogP contribution in [-0.4, -0.2) is 47.9 Å². The minimum absolute atomic E-state index is 0.241. The summed E-state index contributed by atoms with van der Waals surface area (Å²) in [6.07, 6.45) is 0.348. The van der Waals surface area contributed by atoms with E-state index in [2.05, 4.69) is 4.98 Å². The fourth-order valence-corrected chi connectivity index (χ4v) is 4.34. The molecule has 2 heterocycles. The van der Waals surface area contributed by atoms with Crippen molar-refractivity contribution in [2.45, 2.75) is 18.5 Å². The van der Waals surface area contributed by atoms with Gasteiger partial charge in [-0.3, -0.25) is 4.79 Å². The molecule has 0 unspecified atom stereocenters. The predicted molar refractivity (Wildman–Crippen MR) is 110 cm³/mol. The molecule has 2 atom stereocenters. The van der Waals surface area contributed by atoms with Crippen LogP contribution in [0.3, 0.4) is 0 Å². The standard InChI is InChI=1S/C22H21ClN2O4/c1-28-18-10-6-4-8-14(18)21-20-15(13-7-3-5-9-16(13)24-20)11-17(22(27)29-2)25(21)19(26)12-23/h3-10,17,21,24H,11-12H2,1-2H3/t17-,21+/m0/s1. The van der Waals surface area contributed by atoms with Gasteiger partial charge in [0, 0.05) is 28.6 Å². The fraction of sp³-hybridized carbons (Fsp3) is 0.273.